The van der Waals surface area contributed by atoms with Gasteiger partial charge in [-0.05, 0) is 44.6 Å². The molecule has 0 atom stereocenters. The van der Waals surface area contributed by atoms with Gasteiger partial charge in [0.05, 0.1) is 0 Å². The first-order chi connectivity index (χ1) is 9.31. The number of hydrogen-bond donors (Lipinski definition) is 0. The molecule has 1 fully saturated rings. The van der Waals surface area contributed by atoms with Crippen LogP contribution >= 0.6 is 0 Å². The van der Waals surface area contributed by atoms with E-state index in [0.717, 1.165) is 23.6 Å². The summed E-state index contributed by atoms with van der Waals surface area (Å²) in [6, 6.07) is 10.1. The number of nitrogens with zero attached hydrogens (tertiary/aromatic N) is 2. The number of aryl methyl sites for hydroxylation is 1. The van der Waals surface area contributed by atoms with Crippen molar-refractivity contribution in [2.45, 2.75) is 19.9 Å². The van der Waals surface area contributed by atoms with E-state index >= 15 is 0 Å². The molecule has 1 aromatic heterocycles. The van der Waals surface area contributed by atoms with Crippen LogP contribution in [-0.2, 0) is 6.54 Å². The maximum Gasteiger partial charge on any atom is 0.135 e. The molecule has 2 aromatic rings. The Morgan fingerprint density at radius 3 is 2.63 bits per heavy atom. The molecule has 0 saturated carbocycles. The van der Waals surface area contributed by atoms with Gasteiger partial charge < -0.3 is 4.74 Å². The maximum atomic E-state index is 5.97. The molecule has 1 aromatic carbocycles. The van der Waals surface area contributed by atoms with Crippen LogP contribution in [0.1, 0.15) is 17.5 Å². The average Bonchev–Trinajstić information content (AvgIpc) is 2.38. The number of rotatable bonds is 4. The molecule has 0 amide bonds. The summed E-state index contributed by atoms with van der Waals surface area (Å²) >= 11 is 0. The predicted octanol–water partition coefficient (Wildman–Crippen LogP) is 3.39. The summed E-state index contributed by atoms with van der Waals surface area (Å²) in [7, 11) is 0. The number of likely N-dealkylation sites (tertiary alicyclic amines) is 1. The molecular weight excluding hydrogens is 236 g/mol. The SMILES string of the molecule is Cc1ccc(Oc2ccncc2CN2CCC2)cc1. The van der Waals surface area contributed by atoms with Crippen LogP contribution in [0.3, 0.4) is 0 Å². The van der Waals surface area contributed by atoms with Gasteiger partial charge in [0.15, 0.2) is 0 Å². The topological polar surface area (TPSA) is 25.4 Å². The lowest BCUT2D eigenvalue weighted by Crippen LogP contribution is -2.36. The van der Waals surface area contributed by atoms with Gasteiger partial charge in [-0.15, -0.1) is 0 Å². The summed E-state index contributed by atoms with van der Waals surface area (Å²) in [6.07, 6.45) is 4.99. The molecule has 0 unspecified atom stereocenters. The molecule has 1 aliphatic heterocycles. The fraction of sp³-hybridized carbons (Fsp3) is 0.312. The van der Waals surface area contributed by atoms with E-state index in [1.54, 1.807) is 6.20 Å². The largest absolute Gasteiger partial charge is 0.457 e. The molecule has 19 heavy (non-hydrogen) atoms. The second-order valence-corrected chi connectivity index (χ2v) is 5.03. The Morgan fingerprint density at radius 1 is 1.16 bits per heavy atom. The van der Waals surface area contributed by atoms with Crippen molar-refractivity contribution < 1.29 is 4.74 Å². The molecule has 1 saturated heterocycles. The van der Waals surface area contributed by atoms with E-state index in [9.17, 15) is 0 Å². The highest BCUT2D eigenvalue weighted by Crippen LogP contribution is 2.26. The van der Waals surface area contributed by atoms with E-state index in [0.29, 0.717) is 0 Å². The Labute approximate surface area is 113 Å². The molecule has 0 bridgehead atoms. The molecule has 98 valence electrons. The zero-order chi connectivity index (χ0) is 13.1. The minimum atomic E-state index is 0.877. The molecule has 2 heterocycles. The molecule has 0 aliphatic carbocycles. The van der Waals surface area contributed by atoms with Crippen LogP contribution in [0.2, 0.25) is 0 Å². The van der Waals surface area contributed by atoms with E-state index in [1.165, 1.54) is 25.1 Å². The van der Waals surface area contributed by atoms with Gasteiger partial charge in [0.25, 0.3) is 0 Å². The molecule has 0 N–H and O–H groups in total. The van der Waals surface area contributed by atoms with Gasteiger partial charge in [0.2, 0.25) is 0 Å². The maximum absolute atomic E-state index is 5.97. The van der Waals surface area contributed by atoms with Crippen molar-refractivity contribution in [1.29, 1.82) is 0 Å². The molecule has 1 aliphatic rings. The monoisotopic (exact) mass is 254 g/mol. The van der Waals surface area contributed by atoms with Crippen molar-refractivity contribution in [2.75, 3.05) is 13.1 Å². The second-order valence-electron chi connectivity index (χ2n) is 5.03. The van der Waals surface area contributed by atoms with Crippen LogP contribution in [0.5, 0.6) is 11.5 Å². The lowest BCUT2D eigenvalue weighted by Gasteiger charge is -2.30. The third kappa shape index (κ3) is 2.93. The fourth-order valence-corrected chi connectivity index (χ4v) is 2.15. The van der Waals surface area contributed by atoms with Crippen LogP contribution in [-0.4, -0.2) is 23.0 Å². The smallest absolute Gasteiger partial charge is 0.135 e. The van der Waals surface area contributed by atoms with Gasteiger partial charge >= 0.3 is 0 Å². The van der Waals surface area contributed by atoms with Crippen LogP contribution < -0.4 is 4.74 Å². The number of aromatic nitrogens is 1. The van der Waals surface area contributed by atoms with Crippen molar-refractivity contribution in [1.82, 2.24) is 9.88 Å². The van der Waals surface area contributed by atoms with E-state index in [1.807, 2.05) is 24.4 Å². The Hall–Kier alpha value is -1.87. The van der Waals surface area contributed by atoms with E-state index in [2.05, 4.69) is 28.9 Å². The van der Waals surface area contributed by atoms with Gasteiger partial charge in [0, 0.05) is 24.5 Å². The first-order valence-corrected chi connectivity index (χ1v) is 6.71. The third-order valence-corrected chi connectivity index (χ3v) is 3.45. The first-order valence-electron chi connectivity index (χ1n) is 6.71. The van der Waals surface area contributed by atoms with Gasteiger partial charge in [-0.2, -0.15) is 0 Å². The lowest BCUT2D eigenvalue weighted by atomic mass is 10.1. The summed E-state index contributed by atoms with van der Waals surface area (Å²) in [5, 5.41) is 0. The molecular formula is C16H18N2O. The van der Waals surface area contributed by atoms with E-state index < -0.39 is 0 Å². The molecule has 3 heteroatoms. The summed E-state index contributed by atoms with van der Waals surface area (Å²) in [5.74, 6) is 1.78. The summed E-state index contributed by atoms with van der Waals surface area (Å²) in [5.41, 5.74) is 2.39. The molecule has 3 rings (SSSR count). The van der Waals surface area contributed by atoms with E-state index in [-0.39, 0.29) is 0 Å². The zero-order valence-electron chi connectivity index (χ0n) is 11.2. The van der Waals surface area contributed by atoms with Gasteiger partial charge in [0.1, 0.15) is 11.5 Å². The van der Waals surface area contributed by atoms with Gasteiger partial charge in [-0.3, -0.25) is 9.88 Å². The molecule has 0 radical (unpaired) electrons. The van der Waals surface area contributed by atoms with Crippen molar-refractivity contribution >= 4 is 0 Å². The summed E-state index contributed by atoms with van der Waals surface area (Å²) in [6.45, 7) is 5.36. The molecule has 0 spiro atoms. The van der Waals surface area contributed by atoms with Gasteiger partial charge in [-0.25, -0.2) is 0 Å². The highest BCUT2D eigenvalue weighted by atomic mass is 16.5. The van der Waals surface area contributed by atoms with Crippen LogP contribution in [0.4, 0.5) is 0 Å². The summed E-state index contributed by atoms with van der Waals surface area (Å²) in [4.78, 5) is 6.61. The highest BCUT2D eigenvalue weighted by Gasteiger charge is 2.16. The van der Waals surface area contributed by atoms with Crippen molar-refractivity contribution in [2.24, 2.45) is 0 Å². The lowest BCUT2D eigenvalue weighted by molar-refractivity contribution is 0.171. The standard InChI is InChI=1S/C16H18N2O/c1-13-3-5-15(6-4-13)19-16-7-8-17-11-14(16)12-18-9-2-10-18/h3-8,11H,2,9-10,12H2,1H3. The second kappa shape index (κ2) is 5.41. The van der Waals surface area contributed by atoms with Crippen molar-refractivity contribution in [3.8, 4) is 11.5 Å². The fourth-order valence-electron chi connectivity index (χ4n) is 2.15. The quantitative estimate of drug-likeness (QED) is 0.836. The van der Waals surface area contributed by atoms with Crippen LogP contribution in [0.15, 0.2) is 42.7 Å². The summed E-state index contributed by atoms with van der Waals surface area (Å²) < 4.78 is 5.97. The van der Waals surface area contributed by atoms with E-state index in [4.69, 9.17) is 4.74 Å². The van der Waals surface area contributed by atoms with Crippen LogP contribution in [0.25, 0.3) is 0 Å². The normalized spacial score (nSPS) is 15.0. The van der Waals surface area contributed by atoms with Crippen molar-refractivity contribution in [3.63, 3.8) is 0 Å². The van der Waals surface area contributed by atoms with Crippen LogP contribution in [0, 0.1) is 6.92 Å². The van der Waals surface area contributed by atoms with Crippen molar-refractivity contribution in [3.05, 3.63) is 53.9 Å². The Bertz CT molecular complexity index is 547. The Kier molecular flexibility index (Phi) is 3.47. The minimum Gasteiger partial charge on any atom is -0.457 e. The predicted molar refractivity (Wildman–Crippen MR) is 75.4 cm³/mol. The Balaban J connectivity index is 1.77. The number of benzene rings is 1. The highest BCUT2D eigenvalue weighted by molar-refractivity contribution is 5.36. The first kappa shape index (κ1) is 12.2. The number of hydrogen-bond acceptors (Lipinski definition) is 3. The number of ether oxygens (including phenoxy) is 1. The zero-order valence-corrected chi connectivity index (χ0v) is 11.2. The third-order valence-electron chi connectivity index (χ3n) is 3.45. The molecule has 3 nitrogen and oxygen atoms in total. The Morgan fingerprint density at radius 2 is 1.95 bits per heavy atom. The van der Waals surface area contributed by atoms with Gasteiger partial charge in [-0.1, -0.05) is 17.7 Å². The average molecular weight is 254 g/mol. The number of pyridine rings is 1. The minimum absolute atomic E-state index is 0.877.